The van der Waals surface area contributed by atoms with Gasteiger partial charge in [0.2, 0.25) is 0 Å². The highest BCUT2D eigenvalue weighted by atomic mass is 35.5. The van der Waals surface area contributed by atoms with E-state index in [0.717, 1.165) is 0 Å². The second kappa shape index (κ2) is 3.18. The first-order valence-corrected chi connectivity index (χ1v) is 3.72. The zero-order valence-electron chi connectivity index (χ0n) is 6.38. The summed E-state index contributed by atoms with van der Waals surface area (Å²) in [5.74, 6) is -1.78. The monoisotopic (exact) mass is 236 g/mol. The second-order valence-corrected chi connectivity index (χ2v) is 3.19. The molecule has 1 rings (SSSR count). The van der Waals surface area contributed by atoms with Gasteiger partial charge in [0, 0.05) is 0 Å². The summed E-state index contributed by atoms with van der Waals surface area (Å²) in [6.45, 7) is 0. The lowest BCUT2D eigenvalue weighted by Crippen LogP contribution is -2.29. The molecule has 14 heavy (non-hydrogen) atoms. The van der Waals surface area contributed by atoms with Crippen LogP contribution >= 0.6 is 11.6 Å². The van der Waals surface area contributed by atoms with Crippen molar-refractivity contribution < 1.29 is 26.3 Å². The predicted octanol–water partition coefficient (Wildman–Crippen LogP) is 3.58. The molecule has 0 saturated heterocycles. The molecule has 2 atom stereocenters. The Balaban J connectivity index is 3.12. The van der Waals surface area contributed by atoms with Crippen molar-refractivity contribution in [1.82, 2.24) is 0 Å². The Morgan fingerprint density at radius 1 is 1.36 bits per heavy atom. The zero-order valence-corrected chi connectivity index (χ0v) is 7.13. The molecule has 0 aromatic rings. The van der Waals surface area contributed by atoms with Crippen molar-refractivity contribution in [3.63, 3.8) is 0 Å². The number of rotatable bonds is 0. The Labute approximate surface area is 79.8 Å². The van der Waals surface area contributed by atoms with Crippen LogP contribution in [0.3, 0.4) is 0 Å². The van der Waals surface area contributed by atoms with Gasteiger partial charge >= 0.3 is 6.18 Å². The number of hydrogen-bond acceptors (Lipinski definition) is 0. The smallest absolute Gasteiger partial charge is 0.238 e. The Hall–Kier alpha value is -0.650. The maximum Gasteiger partial charge on any atom is 0.415 e. The fourth-order valence-corrected chi connectivity index (χ4v) is 1.09. The highest BCUT2D eigenvalue weighted by Gasteiger charge is 2.46. The van der Waals surface area contributed by atoms with Crippen LogP contribution in [0, 0.1) is 0 Å². The maximum atomic E-state index is 12.8. The molecule has 1 aliphatic carbocycles. The van der Waals surface area contributed by atoms with Crippen molar-refractivity contribution in [2.75, 3.05) is 0 Å². The molecule has 0 N–H and O–H groups in total. The van der Waals surface area contributed by atoms with Crippen LogP contribution in [0.5, 0.6) is 0 Å². The minimum Gasteiger partial charge on any atom is -0.238 e. The van der Waals surface area contributed by atoms with Gasteiger partial charge in [-0.1, -0.05) is 11.6 Å². The van der Waals surface area contributed by atoms with Gasteiger partial charge in [-0.05, 0) is 12.2 Å². The van der Waals surface area contributed by atoms with Crippen LogP contribution in [-0.2, 0) is 0 Å². The summed E-state index contributed by atoms with van der Waals surface area (Å²) in [5, 5.41) is -3.41. The molecule has 0 amide bonds. The van der Waals surface area contributed by atoms with Crippen LogP contribution < -0.4 is 0 Å². The second-order valence-electron chi connectivity index (χ2n) is 2.64. The van der Waals surface area contributed by atoms with E-state index in [9.17, 15) is 26.3 Å². The van der Waals surface area contributed by atoms with Gasteiger partial charge in [-0.15, -0.1) is 0 Å². The Morgan fingerprint density at radius 3 is 2.29 bits per heavy atom. The van der Waals surface area contributed by atoms with Crippen molar-refractivity contribution in [1.29, 1.82) is 0 Å². The minimum absolute atomic E-state index is 0.143. The first kappa shape index (κ1) is 11.4. The quantitative estimate of drug-likeness (QED) is 0.343. The molecule has 0 aliphatic heterocycles. The lowest BCUT2D eigenvalue weighted by Gasteiger charge is -2.22. The molecule has 0 spiro atoms. The fourth-order valence-electron chi connectivity index (χ4n) is 0.911. The van der Waals surface area contributed by atoms with E-state index in [4.69, 9.17) is 11.6 Å². The number of halogens is 7. The molecule has 0 fully saturated rings. The summed E-state index contributed by atoms with van der Waals surface area (Å²) in [4.78, 5) is 0. The van der Waals surface area contributed by atoms with Gasteiger partial charge in [-0.2, -0.15) is 13.2 Å². The van der Waals surface area contributed by atoms with Gasteiger partial charge in [0.1, 0.15) is 0 Å². The highest BCUT2D eigenvalue weighted by Crippen LogP contribution is 2.41. The SMILES string of the molecule is FC1=CC(F)C(C(F)(F)F)=CC1(F)Cl. The molecule has 0 saturated carbocycles. The van der Waals surface area contributed by atoms with Gasteiger partial charge in [0.05, 0.1) is 5.57 Å². The van der Waals surface area contributed by atoms with Gasteiger partial charge in [-0.3, -0.25) is 0 Å². The van der Waals surface area contributed by atoms with Crippen LogP contribution in [0.1, 0.15) is 0 Å². The van der Waals surface area contributed by atoms with E-state index in [1.807, 2.05) is 0 Å². The Morgan fingerprint density at radius 2 is 1.86 bits per heavy atom. The van der Waals surface area contributed by atoms with Gasteiger partial charge < -0.3 is 0 Å². The van der Waals surface area contributed by atoms with Crippen molar-refractivity contribution in [3.05, 3.63) is 23.6 Å². The predicted molar refractivity (Wildman–Crippen MR) is 37.9 cm³/mol. The van der Waals surface area contributed by atoms with Crippen LogP contribution in [0.4, 0.5) is 26.3 Å². The number of hydrogen-bond donors (Lipinski definition) is 0. The van der Waals surface area contributed by atoms with E-state index in [2.05, 4.69) is 0 Å². The van der Waals surface area contributed by atoms with Crippen molar-refractivity contribution in [2.24, 2.45) is 0 Å². The van der Waals surface area contributed by atoms with E-state index in [-0.39, 0.29) is 12.2 Å². The average molecular weight is 237 g/mol. The molecule has 0 aromatic carbocycles. The molecule has 0 heterocycles. The summed E-state index contributed by atoms with van der Waals surface area (Å²) < 4.78 is 73.8. The van der Waals surface area contributed by atoms with Crippen LogP contribution in [0.15, 0.2) is 23.6 Å². The van der Waals surface area contributed by atoms with Gasteiger partial charge in [0.15, 0.2) is 12.0 Å². The lowest BCUT2D eigenvalue weighted by atomic mass is 10.0. The van der Waals surface area contributed by atoms with Crippen molar-refractivity contribution >= 4 is 11.6 Å². The van der Waals surface area contributed by atoms with Gasteiger partial charge in [0.25, 0.3) is 5.13 Å². The molecular weight excluding hydrogens is 234 g/mol. The highest BCUT2D eigenvalue weighted by molar-refractivity contribution is 6.26. The maximum absolute atomic E-state index is 12.8. The van der Waals surface area contributed by atoms with E-state index in [1.54, 1.807) is 0 Å². The molecule has 1 aliphatic rings. The molecule has 0 nitrogen and oxygen atoms in total. The van der Waals surface area contributed by atoms with Crippen LogP contribution in [-0.4, -0.2) is 17.5 Å². The molecular formula is C7H3ClF6. The Bertz CT molecular complexity index is 300. The normalized spacial score (nSPS) is 33.8. The van der Waals surface area contributed by atoms with Crippen LogP contribution in [0.2, 0.25) is 0 Å². The summed E-state index contributed by atoms with van der Waals surface area (Å²) in [5.41, 5.74) is -1.84. The third-order valence-corrected chi connectivity index (χ3v) is 1.86. The summed E-state index contributed by atoms with van der Waals surface area (Å²) in [6.07, 6.45) is -8.25. The topological polar surface area (TPSA) is 0 Å². The third kappa shape index (κ3) is 2.05. The van der Waals surface area contributed by atoms with Crippen molar-refractivity contribution in [3.8, 4) is 0 Å². The molecule has 0 aromatic heterocycles. The summed E-state index contributed by atoms with van der Waals surface area (Å²) >= 11 is 4.74. The van der Waals surface area contributed by atoms with Crippen LogP contribution in [0.25, 0.3) is 0 Å². The largest absolute Gasteiger partial charge is 0.415 e. The van der Waals surface area contributed by atoms with E-state index in [1.165, 1.54) is 0 Å². The summed E-state index contributed by atoms with van der Waals surface area (Å²) in [6, 6.07) is 0. The number of allylic oxidation sites excluding steroid dienone is 4. The first-order chi connectivity index (χ1) is 6.14. The molecule has 7 heteroatoms. The molecule has 80 valence electrons. The van der Waals surface area contributed by atoms with Crippen molar-refractivity contribution in [2.45, 2.75) is 17.5 Å². The van der Waals surface area contributed by atoms with E-state index >= 15 is 0 Å². The van der Waals surface area contributed by atoms with Gasteiger partial charge in [-0.25, -0.2) is 13.2 Å². The standard InChI is InChI=1S/C7H3ClF6/c8-6(11)2-3(7(12,13)14)4(9)1-5(6)10/h1-2,4H. The molecule has 2 unspecified atom stereocenters. The molecule has 0 bridgehead atoms. The van der Waals surface area contributed by atoms with E-state index < -0.39 is 28.9 Å². The molecule has 0 radical (unpaired) electrons. The van der Waals surface area contributed by atoms with E-state index in [0.29, 0.717) is 0 Å². The first-order valence-electron chi connectivity index (χ1n) is 3.34. The lowest BCUT2D eigenvalue weighted by molar-refractivity contribution is -0.0995. The zero-order chi connectivity index (χ0) is 11.1. The number of alkyl halides is 6. The Kier molecular flexibility index (Phi) is 2.60. The minimum atomic E-state index is -5.07. The third-order valence-electron chi connectivity index (χ3n) is 1.57. The fraction of sp³-hybridized carbons (Fsp3) is 0.429. The summed E-state index contributed by atoms with van der Waals surface area (Å²) in [7, 11) is 0. The average Bonchev–Trinajstić information content (AvgIpc) is 1.95.